The smallest absolute Gasteiger partial charge is 0.135 e. The minimum Gasteiger partial charge on any atom is -0.456 e. The minimum atomic E-state index is 0.616. The second-order valence-electron chi connectivity index (χ2n) is 14.9. The molecule has 11 aromatic rings. The Labute approximate surface area is 341 Å². The average Bonchev–Trinajstić information content (AvgIpc) is 3.85. The Morgan fingerprint density at radius 2 is 0.847 bits per heavy atom. The Kier molecular flexibility index (Phi) is 8.17. The summed E-state index contributed by atoms with van der Waals surface area (Å²) in [6.07, 6.45) is 0. The van der Waals surface area contributed by atoms with Gasteiger partial charge in [-0.1, -0.05) is 121 Å². The molecular formula is C55H35N3O. The topological polar surface area (TPSA) is 45.1 Å². The summed E-state index contributed by atoms with van der Waals surface area (Å²) in [4.78, 5) is 2.32. The molecule has 11 rings (SSSR count). The number of fused-ring (bicyclic) bond motifs is 6. The number of furan rings is 1. The highest BCUT2D eigenvalue weighted by Crippen LogP contribution is 2.40. The summed E-state index contributed by atoms with van der Waals surface area (Å²) in [5.41, 5.74) is 15.8. The zero-order chi connectivity index (χ0) is 39.3. The van der Waals surface area contributed by atoms with Crippen LogP contribution < -0.4 is 4.90 Å². The second-order valence-corrected chi connectivity index (χ2v) is 14.9. The Morgan fingerprint density at radius 1 is 0.373 bits per heavy atom. The molecule has 0 aliphatic heterocycles. The predicted octanol–water partition coefficient (Wildman–Crippen LogP) is 15.0. The van der Waals surface area contributed by atoms with Crippen molar-refractivity contribution in [2.45, 2.75) is 0 Å². The minimum absolute atomic E-state index is 0.616. The molecule has 0 N–H and O–H groups in total. The van der Waals surface area contributed by atoms with E-state index < -0.39 is 0 Å². The summed E-state index contributed by atoms with van der Waals surface area (Å²) in [5, 5.41) is 13.9. The SMILES string of the molecule is N#Cc1ccc2oc3ccc(-n4c5ccccc5c5cc(-c6ccc(N(c7ccc(-c8ccccc8)cc7)c7ccc(-c8ccccc8)cc7)cc6)ccc54)cc3c2c1. The molecule has 0 aliphatic rings. The quantitative estimate of drug-likeness (QED) is 0.163. The summed E-state index contributed by atoms with van der Waals surface area (Å²) < 4.78 is 8.49. The van der Waals surface area contributed by atoms with Crippen molar-refractivity contribution >= 4 is 60.8 Å². The van der Waals surface area contributed by atoms with E-state index in [1.165, 1.54) is 33.0 Å². The molecule has 0 radical (unpaired) electrons. The number of hydrogen-bond acceptors (Lipinski definition) is 3. The Balaban J connectivity index is 0.976. The van der Waals surface area contributed by atoms with Gasteiger partial charge in [0.05, 0.1) is 22.7 Å². The van der Waals surface area contributed by atoms with E-state index in [0.29, 0.717) is 5.56 Å². The molecule has 0 saturated carbocycles. The van der Waals surface area contributed by atoms with E-state index in [0.717, 1.165) is 66.8 Å². The number of nitrogens with zero attached hydrogens (tertiary/aromatic N) is 3. The lowest BCUT2D eigenvalue weighted by atomic mass is 10.0. The first-order valence-corrected chi connectivity index (χ1v) is 19.8. The van der Waals surface area contributed by atoms with Crippen LogP contribution in [0.2, 0.25) is 0 Å². The third kappa shape index (κ3) is 6.01. The molecule has 276 valence electrons. The summed E-state index contributed by atoms with van der Waals surface area (Å²) in [5.74, 6) is 0. The molecule has 0 aliphatic carbocycles. The van der Waals surface area contributed by atoms with Gasteiger partial charge in [-0.2, -0.15) is 5.26 Å². The van der Waals surface area contributed by atoms with Gasteiger partial charge >= 0.3 is 0 Å². The van der Waals surface area contributed by atoms with Crippen molar-refractivity contribution in [3.8, 4) is 45.1 Å². The van der Waals surface area contributed by atoms with Crippen molar-refractivity contribution in [3.63, 3.8) is 0 Å². The first kappa shape index (κ1) is 34.1. The Morgan fingerprint density at radius 3 is 1.44 bits per heavy atom. The van der Waals surface area contributed by atoms with Crippen LogP contribution in [0, 0.1) is 11.3 Å². The number of rotatable bonds is 7. The van der Waals surface area contributed by atoms with Crippen LogP contribution in [0.5, 0.6) is 0 Å². The lowest BCUT2D eigenvalue weighted by Crippen LogP contribution is -2.09. The first-order chi connectivity index (χ1) is 29.2. The summed E-state index contributed by atoms with van der Waals surface area (Å²) in [7, 11) is 0. The van der Waals surface area contributed by atoms with Gasteiger partial charge in [0.2, 0.25) is 0 Å². The van der Waals surface area contributed by atoms with Crippen molar-refractivity contribution in [1.29, 1.82) is 5.26 Å². The molecule has 9 aromatic carbocycles. The van der Waals surface area contributed by atoms with Gasteiger partial charge in [-0.25, -0.2) is 0 Å². The second kappa shape index (κ2) is 14.1. The van der Waals surface area contributed by atoms with E-state index in [1.807, 2.05) is 18.2 Å². The lowest BCUT2D eigenvalue weighted by Gasteiger charge is -2.26. The fourth-order valence-electron chi connectivity index (χ4n) is 8.52. The van der Waals surface area contributed by atoms with Crippen LogP contribution in [0.25, 0.3) is 82.8 Å². The van der Waals surface area contributed by atoms with Gasteiger partial charge in [-0.15, -0.1) is 0 Å². The van der Waals surface area contributed by atoms with E-state index in [-0.39, 0.29) is 0 Å². The highest BCUT2D eigenvalue weighted by Gasteiger charge is 2.17. The van der Waals surface area contributed by atoms with Gasteiger partial charge in [0.1, 0.15) is 11.2 Å². The number of hydrogen-bond donors (Lipinski definition) is 0. The van der Waals surface area contributed by atoms with Crippen molar-refractivity contribution in [3.05, 3.63) is 218 Å². The molecule has 0 spiro atoms. The predicted molar refractivity (Wildman–Crippen MR) is 244 cm³/mol. The third-order valence-electron chi connectivity index (χ3n) is 11.4. The first-order valence-electron chi connectivity index (χ1n) is 19.8. The summed E-state index contributed by atoms with van der Waals surface area (Å²) in [6.45, 7) is 0. The van der Waals surface area contributed by atoms with Gasteiger partial charge in [0.25, 0.3) is 0 Å². The van der Waals surface area contributed by atoms with E-state index in [1.54, 1.807) is 6.07 Å². The van der Waals surface area contributed by atoms with Gasteiger partial charge in [-0.3, -0.25) is 0 Å². The molecule has 0 atom stereocenters. The summed E-state index contributed by atoms with van der Waals surface area (Å²) in [6, 6.07) is 77.1. The molecule has 0 saturated heterocycles. The summed E-state index contributed by atoms with van der Waals surface area (Å²) >= 11 is 0. The van der Waals surface area contributed by atoms with Crippen LogP contribution in [-0.2, 0) is 0 Å². The number of benzene rings is 9. The van der Waals surface area contributed by atoms with E-state index in [9.17, 15) is 5.26 Å². The fraction of sp³-hybridized carbons (Fsp3) is 0. The van der Waals surface area contributed by atoms with Gasteiger partial charge in [0, 0.05) is 44.3 Å². The van der Waals surface area contributed by atoms with Crippen molar-refractivity contribution < 1.29 is 4.42 Å². The molecule has 4 nitrogen and oxygen atoms in total. The van der Waals surface area contributed by atoms with Crippen molar-refractivity contribution in [2.75, 3.05) is 4.90 Å². The van der Waals surface area contributed by atoms with Crippen LogP contribution in [0.4, 0.5) is 17.1 Å². The monoisotopic (exact) mass is 753 g/mol. The van der Waals surface area contributed by atoms with Crippen LogP contribution in [-0.4, -0.2) is 4.57 Å². The highest BCUT2D eigenvalue weighted by molar-refractivity contribution is 6.11. The van der Waals surface area contributed by atoms with Gasteiger partial charge < -0.3 is 13.9 Å². The third-order valence-corrected chi connectivity index (χ3v) is 11.4. The lowest BCUT2D eigenvalue weighted by molar-refractivity contribution is 0.669. The Bertz CT molecular complexity index is 3270. The number of anilines is 3. The van der Waals surface area contributed by atoms with E-state index in [2.05, 4.69) is 204 Å². The molecule has 2 aromatic heterocycles. The van der Waals surface area contributed by atoms with Crippen LogP contribution in [0.3, 0.4) is 0 Å². The Hall–Kier alpha value is -8.13. The van der Waals surface area contributed by atoms with Gasteiger partial charge in [0.15, 0.2) is 0 Å². The maximum absolute atomic E-state index is 9.58. The standard InChI is InChI=1S/C55H35N3O/c56-36-37-15-31-54-50(33-37)51-35-47(29-32-55(51)59-54)58-52-14-8-7-13-48(52)49-34-43(22-30-53(49)58)42-20-27-46(28-21-42)57(44-23-16-40(17-24-44)38-9-3-1-4-10-38)45-25-18-41(19-26-45)39-11-5-2-6-12-39/h1-35H. The van der Waals surface area contributed by atoms with E-state index >= 15 is 0 Å². The number of para-hydroxylation sites is 1. The highest BCUT2D eigenvalue weighted by atomic mass is 16.3. The van der Waals surface area contributed by atoms with Crippen molar-refractivity contribution in [1.82, 2.24) is 4.57 Å². The van der Waals surface area contributed by atoms with Crippen LogP contribution in [0.15, 0.2) is 217 Å². The normalized spacial score (nSPS) is 11.4. The van der Waals surface area contributed by atoms with E-state index in [4.69, 9.17) is 4.42 Å². The molecule has 0 fully saturated rings. The molecule has 0 amide bonds. The molecule has 4 heteroatoms. The zero-order valence-electron chi connectivity index (χ0n) is 32.0. The van der Waals surface area contributed by atoms with Crippen molar-refractivity contribution in [2.24, 2.45) is 0 Å². The number of nitriles is 1. The zero-order valence-corrected chi connectivity index (χ0v) is 32.0. The fourth-order valence-corrected chi connectivity index (χ4v) is 8.52. The molecule has 0 unspecified atom stereocenters. The van der Waals surface area contributed by atoms with Gasteiger partial charge in [-0.05, 0) is 124 Å². The number of aromatic nitrogens is 1. The molecule has 59 heavy (non-hydrogen) atoms. The molecule has 2 heterocycles. The van der Waals surface area contributed by atoms with Crippen LogP contribution in [0.1, 0.15) is 5.56 Å². The largest absolute Gasteiger partial charge is 0.456 e. The van der Waals surface area contributed by atoms with Crippen LogP contribution >= 0.6 is 0 Å². The average molecular weight is 754 g/mol. The molecular weight excluding hydrogens is 719 g/mol. The molecule has 0 bridgehead atoms. The maximum Gasteiger partial charge on any atom is 0.135 e. The maximum atomic E-state index is 9.58.